The first-order valence-electron chi connectivity index (χ1n) is 12.0. The van der Waals surface area contributed by atoms with E-state index in [2.05, 4.69) is 16.8 Å². The summed E-state index contributed by atoms with van der Waals surface area (Å²) in [7, 11) is 2.05. The van der Waals surface area contributed by atoms with Gasteiger partial charge in [-0.2, -0.15) is 0 Å². The van der Waals surface area contributed by atoms with Crippen molar-refractivity contribution in [3.63, 3.8) is 0 Å². The Morgan fingerprint density at radius 1 is 0.903 bits per heavy atom. The van der Waals surface area contributed by atoms with Gasteiger partial charge in [-0.3, -0.25) is 14.4 Å². The van der Waals surface area contributed by atoms with Gasteiger partial charge in [-0.25, -0.2) is 0 Å². The molecule has 0 N–H and O–H groups in total. The maximum Gasteiger partial charge on any atom is 0.263 e. The molecular weight excluding hydrogens is 392 g/mol. The number of amides is 2. The predicted octanol–water partition coefficient (Wildman–Crippen LogP) is 1.76. The van der Waals surface area contributed by atoms with Crippen LogP contribution in [0, 0.1) is 11.8 Å². The fourth-order valence-corrected chi connectivity index (χ4v) is 6.08. The highest BCUT2D eigenvalue weighted by atomic mass is 16.2. The topological polar surface area (TPSA) is 65.9 Å². The van der Waals surface area contributed by atoms with Crippen LogP contribution >= 0.6 is 0 Å². The van der Waals surface area contributed by atoms with Crippen LogP contribution < -0.4 is 5.56 Å². The lowest BCUT2D eigenvalue weighted by Gasteiger charge is -2.44. The SMILES string of the molecule is CN1CCN(C(=O)c2ccc3n(c2=O)C[C@H]2C[C@@H]3CN(C(=O)C3CCCCC3)C2)CC1. The highest BCUT2D eigenvalue weighted by molar-refractivity contribution is 5.94. The van der Waals surface area contributed by atoms with Crippen LogP contribution in [0.1, 0.15) is 60.5 Å². The number of carbonyl (C=O) groups excluding carboxylic acids is 2. The Kier molecular flexibility index (Phi) is 5.63. The number of piperazine rings is 1. The normalized spacial score (nSPS) is 27.1. The van der Waals surface area contributed by atoms with Crippen LogP contribution in [0.3, 0.4) is 0 Å². The van der Waals surface area contributed by atoms with E-state index in [0.717, 1.165) is 44.6 Å². The number of hydrogen-bond acceptors (Lipinski definition) is 4. The van der Waals surface area contributed by atoms with Crippen molar-refractivity contribution in [3.8, 4) is 0 Å². The molecule has 7 nitrogen and oxygen atoms in total. The van der Waals surface area contributed by atoms with Gasteiger partial charge in [-0.15, -0.1) is 0 Å². The molecule has 31 heavy (non-hydrogen) atoms. The number of aromatic nitrogens is 1. The van der Waals surface area contributed by atoms with Crippen LogP contribution in [0.4, 0.5) is 0 Å². The Morgan fingerprint density at radius 2 is 1.65 bits per heavy atom. The number of carbonyl (C=O) groups is 2. The van der Waals surface area contributed by atoms with Gasteiger partial charge in [0.2, 0.25) is 5.91 Å². The Balaban J connectivity index is 1.35. The lowest BCUT2D eigenvalue weighted by Crippen LogP contribution is -2.52. The third-order valence-electron chi connectivity index (χ3n) is 7.89. The lowest BCUT2D eigenvalue weighted by molar-refractivity contribution is -0.139. The summed E-state index contributed by atoms with van der Waals surface area (Å²) in [6.07, 6.45) is 6.66. The van der Waals surface area contributed by atoms with E-state index in [-0.39, 0.29) is 23.3 Å². The molecule has 1 aromatic heterocycles. The third-order valence-corrected chi connectivity index (χ3v) is 7.89. The zero-order valence-electron chi connectivity index (χ0n) is 18.6. The fourth-order valence-electron chi connectivity index (χ4n) is 6.08. The van der Waals surface area contributed by atoms with Gasteiger partial charge in [0.15, 0.2) is 0 Å². The number of fused-ring (bicyclic) bond motifs is 4. The van der Waals surface area contributed by atoms with Gasteiger partial charge in [-0.05, 0) is 44.4 Å². The van der Waals surface area contributed by atoms with E-state index < -0.39 is 0 Å². The van der Waals surface area contributed by atoms with E-state index in [1.807, 2.05) is 10.6 Å². The maximum atomic E-state index is 13.3. The maximum absolute atomic E-state index is 13.3. The number of pyridine rings is 1. The van der Waals surface area contributed by atoms with Gasteiger partial charge in [0.1, 0.15) is 5.56 Å². The van der Waals surface area contributed by atoms with Crippen molar-refractivity contribution in [2.75, 3.05) is 46.3 Å². The molecule has 4 heterocycles. The number of likely N-dealkylation sites (N-methyl/N-ethyl adjacent to an activating group) is 1. The highest BCUT2D eigenvalue weighted by Gasteiger charge is 2.39. The van der Waals surface area contributed by atoms with E-state index in [9.17, 15) is 14.4 Å². The van der Waals surface area contributed by atoms with Crippen molar-refractivity contribution in [1.82, 2.24) is 19.3 Å². The molecule has 2 bridgehead atoms. The molecule has 1 aliphatic carbocycles. The zero-order chi connectivity index (χ0) is 21.5. The minimum absolute atomic E-state index is 0.141. The van der Waals surface area contributed by atoms with Crippen LogP contribution in [-0.2, 0) is 11.3 Å². The molecule has 1 saturated carbocycles. The Bertz CT molecular complexity index is 912. The van der Waals surface area contributed by atoms with Crippen LogP contribution in [-0.4, -0.2) is 77.4 Å². The molecule has 4 aliphatic rings. The number of likely N-dealkylation sites (tertiary alicyclic amines) is 1. The molecule has 7 heteroatoms. The van der Waals surface area contributed by atoms with Gasteiger partial charge >= 0.3 is 0 Å². The molecule has 3 fully saturated rings. The Morgan fingerprint density at radius 3 is 2.39 bits per heavy atom. The largest absolute Gasteiger partial charge is 0.341 e. The van der Waals surface area contributed by atoms with Crippen molar-refractivity contribution in [2.45, 2.75) is 51.0 Å². The molecule has 2 saturated heterocycles. The zero-order valence-corrected chi connectivity index (χ0v) is 18.6. The molecule has 3 aliphatic heterocycles. The van der Waals surface area contributed by atoms with Crippen molar-refractivity contribution >= 4 is 11.8 Å². The second-order valence-corrected chi connectivity index (χ2v) is 10.1. The monoisotopic (exact) mass is 426 g/mol. The summed E-state index contributed by atoms with van der Waals surface area (Å²) in [6.45, 7) is 5.08. The molecule has 2 amide bonds. The smallest absolute Gasteiger partial charge is 0.263 e. The second kappa shape index (κ2) is 8.41. The number of rotatable bonds is 2. The van der Waals surface area contributed by atoms with E-state index in [1.165, 1.54) is 19.3 Å². The first-order chi connectivity index (χ1) is 15.0. The van der Waals surface area contributed by atoms with Gasteiger partial charge in [0.05, 0.1) is 0 Å². The van der Waals surface area contributed by atoms with Gasteiger partial charge < -0.3 is 19.3 Å². The number of piperidine rings is 1. The summed E-state index contributed by atoms with van der Waals surface area (Å²) >= 11 is 0. The standard InChI is InChI=1S/C24H34N4O3/c1-25-9-11-26(12-10-25)23(30)20-7-8-21-19-13-17(15-28(21)24(20)31)14-27(16-19)22(29)18-5-3-2-4-6-18/h7-8,17-19H,2-6,9-16H2,1H3/t17-,19+/m0/s1. The molecule has 1 aromatic rings. The molecule has 0 aromatic carbocycles. The van der Waals surface area contributed by atoms with Gasteiger partial charge in [-0.1, -0.05) is 19.3 Å². The van der Waals surface area contributed by atoms with E-state index in [4.69, 9.17) is 0 Å². The third kappa shape index (κ3) is 3.93. The van der Waals surface area contributed by atoms with Crippen LogP contribution in [0.2, 0.25) is 0 Å². The molecule has 0 radical (unpaired) electrons. The average Bonchev–Trinajstić information content (AvgIpc) is 2.80. The summed E-state index contributed by atoms with van der Waals surface area (Å²) in [4.78, 5) is 45.5. The molecule has 2 atom stereocenters. The highest BCUT2D eigenvalue weighted by Crippen LogP contribution is 2.37. The minimum atomic E-state index is -0.150. The summed E-state index contributed by atoms with van der Waals surface area (Å²) in [6, 6.07) is 3.71. The van der Waals surface area contributed by atoms with Gasteiger partial charge in [0, 0.05) is 63.3 Å². The quantitative estimate of drug-likeness (QED) is 0.723. The van der Waals surface area contributed by atoms with Crippen molar-refractivity contribution in [3.05, 3.63) is 33.7 Å². The average molecular weight is 427 g/mol. The lowest BCUT2D eigenvalue weighted by atomic mass is 9.81. The molecule has 0 unspecified atom stereocenters. The van der Waals surface area contributed by atoms with E-state index >= 15 is 0 Å². The van der Waals surface area contributed by atoms with E-state index in [0.29, 0.717) is 43.6 Å². The van der Waals surface area contributed by atoms with Crippen LogP contribution in [0.15, 0.2) is 16.9 Å². The predicted molar refractivity (Wildman–Crippen MR) is 118 cm³/mol. The summed E-state index contributed by atoms with van der Waals surface area (Å²) in [5.41, 5.74) is 1.14. The van der Waals surface area contributed by atoms with E-state index in [1.54, 1.807) is 11.0 Å². The Labute approximate surface area is 184 Å². The summed E-state index contributed by atoms with van der Waals surface area (Å²) in [5, 5.41) is 0. The van der Waals surface area contributed by atoms with Crippen molar-refractivity contribution in [1.29, 1.82) is 0 Å². The summed E-state index contributed by atoms with van der Waals surface area (Å²) < 4.78 is 1.84. The second-order valence-electron chi connectivity index (χ2n) is 10.1. The van der Waals surface area contributed by atoms with Crippen molar-refractivity contribution in [2.24, 2.45) is 11.8 Å². The van der Waals surface area contributed by atoms with Gasteiger partial charge in [0.25, 0.3) is 11.5 Å². The molecule has 168 valence electrons. The minimum Gasteiger partial charge on any atom is -0.341 e. The summed E-state index contributed by atoms with van der Waals surface area (Å²) in [5.74, 6) is 0.870. The van der Waals surface area contributed by atoms with Crippen LogP contribution in [0.5, 0.6) is 0 Å². The molecule has 5 rings (SSSR count). The first-order valence-corrected chi connectivity index (χ1v) is 12.0. The first kappa shape index (κ1) is 20.7. The Hall–Kier alpha value is -2.15. The number of hydrogen-bond donors (Lipinski definition) is 0. The fraction of sp³-hybridized carbons (Fsp3) is 0.708. The van der Waals surface area contributed by atoms with Crippen molar-refractivity contribution < 1.29 is 9.59 Å². The number of nitrogens with zero attached hydrogens (tertiary/aromatic N) is 4. The molecule has 0 spiro atoms. The van der Waals surface area contributed by atoms with Crippen LogP contribution in [0.25, 0.3) is 0 Å². The molecular formula is C24H34N4O3.